The van der Waals surface area contributed by atoms with E-state index in [0.717, 1.165) is 0 Å². The quantitative estimate of drug-likeness (QED) is 0.198. The first kappa shape index (κ1) is 24.4. The Morgan fingerprint density at radius 1 is 0.933 bits per heavy atom. The van der Waals surface area contributed by atoms with Crippen molar-refractivity contribution in [1.29, 1.82) is 0 Å². The van der Waals surface area contributed by atoms with Crippen LogP contribution in [0.2, 0.25) is 0 Å². The molecule has 12 nitrogen and oxygen atoms in total. The van der Waals surface area contributed by atoms with Crippen molar-refractivity contribution in [3.05, 3.63) is 29.8 Å². The number of rotatable bonds is 12. The van der Waals surface area contributed by atoms with Gasteiger partial charge in [-0.2, -0.15) is 0 Å². The average Bonchev–Trinajstić information content (AvgIpc) is 2.64. The smallest absolute Gasteiger partial charge is 0.326 e. The van der Waals surface area contributed by atoms with Crippen molar-refractivity contribution >= 4 is 29.7 Å². The Morgan fingerprint density at radius 2 is 1.50 bits per heavy atom. The molecule has 0 saturated carbocycles. The van der Waals surface area contributed by atoms with Crippen LogP contribution < -0.4 is 22.1 Å². The van der Waals surface area contributed by atoms with E-state index in [2.05, 4.69) is 10.6 Å². The zero-order valence-electron chi connectivity index (χ0n) is 15.9. The Balaban J connectivity index is 2.98. The molecule has 30 heavy (non-hydrogen) atoms. The third-order valence-corrected chi connectivity index (χ3v) is 4.03. The molecule has 0 spiro atoms. The fourth-order valence-corrected chi connectivity index (χ4v) is 2.45. The summed E-state index contributed by atoms with van der Waals surface area (Å²) in [6, 6.07) is 1.53. The van der Waals surface area contributed by atoms with Crippen LogP contribution in [0.4, 0.5) is 0 Å². The standard InChI is InChI=1S/C18H24N4O8/c19-11(8-15(25)26)16(27)22-13(7-9-1-3-10(23)4-2-9)17(28)21-12(18(29)30)5-6-14(20)24/h1-4,11-13,23H,5-8,19H2,(H2,20,24)(H,21,28)(H,22,27)(H,25,26)(H,29,30)/t11-,12-,13-/m0/s1. The van der Waals surface area contributed by atoms with Crippen LogP contribution in [0, 0.1) is 0 Å². The number of nitrogens with two attached hydrogens (primary N) is 2. The summed E-state index contributed by atoms with van der Waals surface area (Å²) in [4.78, 5) is 57.8. The molecule has 3 amide bonds. The third-order valence-electron chi connectivity index (χ3n) is 4.03. The third kappa shape index (κ3) is 8.56. The summed E-state index contributed by atoms with van der Waals surface area (Å²) in [7, 11) is 0. The van der Waals surface area contributed by atoms with Gasteiger partial charge in [0.05, 0.1) is 12.5 Å². The van der Waals surface area contributed by atoms with Gasteiger partial charge in [0.1, 0.15) is 17.8 Å². The number of benzene rings is 1. The van der Waals surface area contributed by atoms with E-state index in [0.29, 0.717) is 5.56 Å². The molecule has 0 saturated heterocycles. The first-order valence-corrected chi connectivity index (χ1v) is 8.86. The van der Waals surface area contributed by atoms with E-state index in [-0.39, 0.29) is 25.0 Å². The van der Waals surface area contributed by atoms with Gasteiger partial charge in [0, 0.05) is 12.8 Å². The maximum atomic E-state index is 12.6. The number of aromatic hydroxyl groups is 1. The second kappa shape index (κ2) is 11.4. The summed E-state index contributed by atoms with van der Waals surface area (Å²) < 4.78 is 0. The summed E-state index contributed by atoms with van der Waals surface area (Å²) in [6.07, 6.45) is -1.31. The maximum Gasteiger partial charge on any atom is 0.326 e. The van der Waals surface area contributed by atoms with E-state index < -0.39 is 54.2 Å². The van der Waals surface area contributed by atoms with E-state index in [1.807, 2.05) is 0 Å². The number of nitrogens with one attached hydrogen (secondary N) is 2. The molecule has 3 atom stereocenters. The molecular formula is C18H24N4O8. The van der Waals surface area contributed by atoms with Crippen LogP contribution >= 0.6 is 0 Å². The van der Waals surface area contributed by atoms with E-state index in [9.17, 15) is 34.2 Å². The van der Waals surface area contributed by atoms with Gasteiger partial charge in [-0.3, -0.25) is 19.2 Å². The molecule has 0 aliphatic carbocycles. The largest absolute Gasteiger partial charge is 0.508 e. The highest BCUT2D eigenvalue weighted by atomic mass is 16.4. The number of carboxylic acids is 2. The lowest BCUT2D eigenvalue weighted by Crippen LogP contribution is -2.55. The van der Waals surface area contributed by atoms with Gasteiger partial charge >= 0.3 is 11.9 Å². The Morgan fingerprint density at radius 3 is 2.00 bits per heavy atom. The molecule has 164 valence electrons. The van der Waals surface area contributed by atoms with Crippen LogP contribution in [0.1, 0.15) is 24.8 Å². The Bertz CT molecular complexity index is 796. The van der Waals surface area contributed by atoms with Crippen LogP contribution in [0.3, 0.4) is 0 Å². The number of primary amides is 1. The zero-order chi connectivity index (χ0) is 22.8. The van der Waals surface area contributed by atoms with Gasteiger partial charge in [0.2, 0.25) is 17.7 Å². The van der Waals surface area contributed by atoms with Gasteiger partial charge in [0.15, 0.2) is 0 Å². The minimum Gasteiger partial charge on any atom is -0.508 e. The van der Waals surface area contributed by atoms with E-state index >= 15 is 0 Å². The summed E-state index contributed by atoms with van der Waals surface area (Å²) in [5.74, 6) is -5.28. The van der Waals surface area contributed by atoms with Crippen molar-refractivity contribution in [2.75, 3.05) is 0 Å². The number of carbonyl (C=O) groups is 5. The van der Waals surface area contributed by atoms with Crippen LogP contribution in [0.25, 0.3) is 0 Å². The molecule has 1 aromatic carbocycles. The molecule has 0 unspecified atom stereocenters. The Labute approximate surface area is 171 Å². The van der Waals surface area contributed by atoms with Crippen LogP contribution in [-0.4, -0.2) is 63.1 Å². The lowest BCUT2D eigenvalue weighted by molar-refractivity contribution is -0.143. The number of phenols is 1. The molecule has 0 aromatic heterocycles. The van der Waals surface area contributed by atoms with Gasteiger partial charge in [-0.15, -0.1) is 0 Å². The zero-order valence-corrected chi connectivity index (χ0v) is 15.9. The SMILES string of the molecule is NC(=O)CC[C@H](NC(=O)[C@H](Cc1ccc(O)cc1)NC(=O)[C@@H](N)CC(=O)O)C(=O)O. The molecule has 0 bridgehead atoms. The number of phenolic OH excluding ortho intramolecular Hbond substituents is 1. The summed E-state index contributed by atoms with van der Waals surface area (Å²) in [6.45, 7) is 0. The van der Waals surface area contributed by atoms with E-state index in [1.165, 1.54) is 24.3 Å². The number of hydrogen-bond acceptors (Lipinski definition) is 7. The minimum atomic E-state index is -1.43. The monoisotopic (exact) mass is 424 g/mol. The molecule has 12 heteroatoms. The molecule has 0 aliphatic heterocycles. The van der Waals surface area contributed by atoms with Gasteiger partial charge in [-0.25, -0.2) is 4.79 Å². The fraction of sp³-hybridized carbons (Fsp3) is 0.389. The van der Waals surface area contributed by atoms with Crippen LogP contribution in [0.5, 0.6) is 5.75 Å². The van der Waals surface area contributed by atoms with Crippen molar-refractivity contribution in [3.63, 3.8) is 0 Å². The Kier molecular flexibility index (Phi) is 9.23. The Hall–Kier alpha value is -3.67. The molecule has 0 fully saturated rings. The molecule has 0 radical (unpaired) electrons. The highest BCUT2D eigenvalue weighted by Crippen LogP contribution is 2.12. The highest BCUT2D eigenvalue weighted by Gasteiger charge is 2.29. The van der Waals surface area contributed by atoms with E-state index in [1.54, 1.807) is 0 Å². The highest BCUT2D eigenvalue weighted by molar-refractivity contribution is 5.93. The van der Waals surface area contributed by atoms with Gasteiger partial charge < -0.3 is 37.4 Å². The van der Waals surface area contributed by atoms with Crippen molar-refractivity contribution in [2.24, 2.45) is 11.5 Å². The number of carbonyl (C=O) groups excluding carboxylic acids is 3. The number of hydrogen-bond donors (Lipinski definition) is 7. The summed E-state index contributed by atoms with van der Waals surface area (Å²) >= 11 is 0. The number of amides is 3. The second-order valence-electron chi connectivity index (χ2n) is 6.54. The van der Waals surface area contributed by atoms with Gasteiger partial charge in [0.25, 0.3) is 0 Å². The molecule has 1 rings (SSSR count). The predicted octanol–water partition coefficient (Wildman–Crippen LogP) is -1.94. The molecule has 1 aromatic rings. The average molecular weight is 424 g/mol. The molecule has 0 aliphatic rings. The van der Waals surface area contributed by atoms with Gasteiger partial charge in [-0.1, -0.05) is 12.1 Å². The summed E-state index contributed by atoms with van der Waals surface area (Å²) in [5, 5.41) is 31.9. The number of aliphatic carboxylic acids is 2. The normalized spacial score (nSPS) is 13.5. The topological polar surface area (TPSA) is 222 Å². The van der Waals surface area contributed by atoms with Crippen molar-refractivity contribution in [1.82, 2.24) is 10.6 Å². The lowest BCUT2D eigenvalue weighted by atomic mass is 10.0. The summed E-state index contributed by atoms with van der Waals surface area (Å²) in [5.41, 5.74) is 11.0. The lowest BCUT2D eigenvalue weighted by Gasteiger charge is -2.22. The van der Waals surface area contributed by atoms with Crippen molar-refractivity contribution in [3.8, 4) is 5.75 Å². The van der Waals surface area contributed by atoms with Gasteiger partial charge in [-0.05, 0) is 24.1 Å². The fourth-order valence-electron chi connectivity index (χ4n) is 2.45. The predicted molar refractivity (Wildman–Crippen MR) is 102 cm³/mol. The molecule has 0 heterocycles. The molecule has 9 N–H and O–H groups in total. The first-order chi connectivity index (χ1) is 14.0. The van der Waals surface area contributed by atoms with Crippen LogP contribution in [-0.2, 0) is 30.4 Å². The van der Waals surface area contributed by atoms with Crippen molar-refractivity contribution in [2.45, 2.75) is 43.8 Å². The number of carboxylic acid groups (broad SMARTS) is 2. The second-order valence-corrected chi connectivity index (χ2v) is 6.54. The minimum absolute atomic E-state index is 0.0235. The van der Waals surface area contributed by atoms with Crippen LogP contribution in [0.15, 0.2) is 24.3 Å². The molecular weight excluding hydrogens is 400 g/mol. The van der Waals surface area contributed by atoms with Crippen molar-refractivity contribution < 1.29 is 39.3 Å². The van der Waals surface area contributed by atoms with E-state index in [4.69, 9.17) is 16.6 Å². The first-order valence-electron chi connectivity index (χ1n) is 8.86. The maximum absolute atomic E-state index is 12.6.